The second-order valence-electron chi connectivity index (χ2n) is 6.35. The third-order valence-corrected chi connectivity index (χ3v) is 5.14. The topological polar surface area (TPSA) is 41.6 Å². The molecule has 0 spiro atoms. The minimum atomic E-state index is -0.0701. The predicted molar refractivity (Wildman–Crippen MR) is 79.9 cm³/mol. The van der Waals surface area contributed by atoms with Crippen LogP contribution >= 0.6 is 0 Å². The van der Waals surface area contributed by atoms with Gasteiger partial charge >= 0.3 is 0 Å². The molecule has 2 fully saturated rings. The number of hydrogen-bond donors (Lipinski definition) is 1. The van der Waals surface area contributed by atoms with Crippen molar-refractivity contribution in [3.05, 3.63) is 35.4 Å². The highest BCUT2D eigenvalue weighted by molar-refractivity contribution is 5.83. The molecule has 4 rings (SSSR count). The molecule has 3 unspecified atom stereocenters. The maximum Gasteiger partial charge on any atom is 0.240 e. The number of morpholine rings is 1. The van der Waals surface area contributed by atoms with E-state index in [1.807, 2.05) is 0 Å². The summed E-state index contributed by atoms with van der Waals surface area (Å²) in [7, 11) is 0. The molecule has 0 aromatic heterocycles. The van der Waals surface area contributed by atoms with Gasteiger partial charge in [0.2, 0.25) is 5.91 Å². The minimum Gasteiger partial charge on any atom is -0.374 e. The normalized spacial score (nSPS) is 31.6. The molecule has 1 saturated carbocycles. The van der Waals surface area contributed by atoms with Crippen molar-refractivity contribution in [3.63, 3.8) is 0 Å². The first-order chi connectivity index (χ1) is 10.3. The Morgan fingerprint density at radius 3 is 3.00 bits per heavy atom. The highest BCUT2D eigenvalue weighted by atomic mass is 16.5. The molecule has 2 heterocycles. The SMILES string of the molecule is O=C(C1Cc2ccccc2CN1)N1CCOC2CCCC21. The lowest BCUT2D eigenvalue weighted by molar-refractivity contribution is -0.146. The van der Waals surface area contributed by atoms with Crippen LogP contribution in [-0.4, -0.2) is 42.1 Å². The van der Waals surface area contributed by atoms with Crippen molar-refractivity contribution in [2.24, 2.45) is 0 Å². The Kier molecular flexibility index (Phi) is 3.43. The largest absolute Gasteiger partial charge is 0.374 e. The van der Waals surface area contributed by atoms with E-state index in [0.29, 0.717) is 12.6 Å². The first kappa shape index (κ1) is 13.3. The summed E-state index contributed by atoms with van der Waals surface area (Å²) in [4.78, 5) is 15.0. The maximum atomic E-state index is 12.9. The van der Waals surface area contributed by atoms with Crippen LogP contribution in [0, 0.1) is 0 Å². The lowest BCUT2D eigenvalue weighted by Gasteiger charge is -2.40. The van der Waals surface area contributed by atoms with Crippen molar-refractivity contribution in [1.82, 2.24) is 10.2 Å². The Balaban J connectivity index is 1.50. The first-order valence-electron chi connectivity index (χ1n) is 8.05. The molecule has 1 saturated heterocycles. The number of nitrogens with zero attached hydrogens (tertiary/aromatic N) is 1. The Morgan fingerprint density at radius 2 is 2.10 bits per heavy atom. The summed E-state index contributed by atoms with van der Waals surface area (Å²) in [5, 5.41) is 3.42. The minimum absolute atomic E-state index is 0.0701. The van der Waals surface area contributed by atoms with Gasteiger partial charge in [0.25, 0.3) is 0 Å². The average Bonchev–Trinajstić information content (AvgIpc) is 3.02. The summed E-state index contributed by atoms with van der Waals surface area (Å²) in [6.45, 7) is 2.24. The number of carbonyl (C=O) groups is 1. The predicted octanol–water partition coefficient (Wildman–Crippen LogP) is 1.48. The van der Waals surface area contributed by atoms with Crippen molar-refractivity contribution >= 4 is 5.91 Å². The van der Waals surface area contributed by atoms with Gasteiger partial charge in [-0.05, 0) is 36.8 Å². The van der Waals surface area contributed by atoms with E-state index >= 15 is 0 Å². The Morgan fingerprint density at radius 1 is 1.24 bits per heavy atom. The highest BCUT2D eigenvalue weighted by Crippen LogP contribution is 2.30. The van der Waals surface area contributed by atoms with Gasteiger partial charge in [0.15, 0.2) is 0 Å². The van der Waals surface area contributed by atoms with Gasteiger partial charge in [-0.1, -0.05) is 24.3 Å². The molecular weight excluding hydrogens is 264 g/mol. The fraction of sp³-hybridized carbons (Fsp3) is 0.588. The van der Waals surface area contributed by atoms with Gasteiger partial charge < -0.3 is 15.0 Å². The van der Waals surface area contributed by atoms with E-state index < -0.39 is 0 Å². The van der Waals surface area contributed by atoms with Crippen molar-refractivity contribution in [3.8, 4) is 0 Å². The number of rotatable bonds is 1. The Labute approximate surface area is 125 Å². The lowest BCUT2D eigenvalue weighted by Crippen LogP contribution is -2.57. The maximum absolute atomic E-state index is 12.9. The summed E-state index contributed by atoms with van der Waals surface area (Å²) >= 11 is 0. The first-order valence-corrected chi connectivity index (χ1v) is 8.05. The molecule has 0 radical (unpaired) electrons. The van der Waals surface area contributed by atoms with Gasteiger partial charge in [-0.2, -0.15) is 0 Å². The van der Waals surface area contributed by atoms with Crippen LogP contribution in [0.4, 0.5) is 0 Å². The van der Waals surface area contributed by atoms with Gasteiger partial charge in [0.05, 0.1) is 24.8 Å². The molecule has 1 aromatic carbocycles. The van der Waals surface area contributed by atoms with Crippen LogP contribution in [0.15, 0.2) is 24.3 Å². The molecule has 4 nitrogen and oxygen atoms in total. The zero-order valence-corrected chi connectivity index (χ0v) is 12.3. The molecule has 1 N–H and O–H groups in total. The second-order valence-corrected chi connectivity index (χ2v) is 6.35. The number of carbonyl (C=O) groups excluding carboxylic acids is 1. The molecule has 112 valence electrons. The summed E-state index contributed by atoms with van der Waals surface area (Å²) in [5.74, 6) is 0.268. The van der Waals surface area contributed by atoms with Crippen molar-refractivity contribution in [2.45, 2.75) is 50.4 Å². The molecule has 4 heteroatoms. The molecule has 1 aliphatic carbocycles. The van der Waals surface area contributed by atoms with Gasteiger partial charge in [-0.3, -0.25) is 4.79 Å². The average molecular weight is 286 g/mol. The Bertz CT molecular complexity index is 545. The van der Waals surface area contributed by atoms with Crippen molar-refractivity contribution in [1.29, 1.82) is 0 Å². The molecule has 1 amide bonds. The molecule has 21 heavy (non-hydrogen) atoms. The number of benzene rings is 1. The number of ether oxygens (including phenoxy) is 1. The van der Waals surface area contributed by atoms with E-state index in [1.54, 1.807) is 0 Å². The zero-order valence-electron chi connectivity index (χ0n) is 12.3. The van der Waals surface area contributed by atoms with Crippen LogP contribution in [0.2, 0.25) is 0 Å². The number of nitrogens with one attached hydrogen (secondary N) is 1. The third kappa shape index (κ3) is 2.36. The second kappa shape index (κ2) is 5.43. The fourth-order valence-corrected chi connectivity index (χ4v) is 4.03. The van der Waals surface area contributed by atoms with Crippen LogP contribution in [0.25, 0.3) is 0 Å². The van der Waals surface area contributed by atoms with Crippen LogP contribution in [0.5, 0.6) is 0 Å². The van der Waals surface area contributed by atoms with E-state index in [-0.39, 0.29) is 18.1 Å². The summed E-state index contributed by atoms with van der Waals surface area (Å²) in [6, 6.07) is 8.66. The van der Waals surface area contributed by atoms with E-state index in [0.717, 1.165) is 32.4 Å². The van der Waals surface area contributed by atoms with Crippen LogP contribution in [0.1, 0.15) is 30.4 Å². The zero-order chi connectivity index (χ0) is 14.2. The van der Waals surface area contributed by atoms with Crippen LogP contribution in [-0.2, 0) is 22.5 Å². The number of amides is 1. The monoisotopic (exact) mass is 286 g/mol. The summed E-state index contributed by atoms with van der Waals surface area (Å²) in [5.41, 5.74) is 2.63. The lowest BCUT2D eigenvalue weighted by atomic mass is 9.94. The van der Waals surface area contributed by atoms with E-state index in [4.69, 9.17) is 4.74 Å². The molecule has 0 bridgehead atoms. The summed E-state index contributed by atoms with van der Waals surface area (Å²) in [6.07, 6.45) is 4.47. The molecular formula is C17H22N2O2. The standard InChI is InChI=1S/C17H22N2O2/c20-17(19-8-9-21-16-7-3-6-15(16)19)14-10-12-4-1-2-5-13(12)11-18-14/h1-2,4-5,14-16,18H,3,6-11H2. The molecule has 2 aliphatic heterocycles. The number of hydrogen-bond acceptors (Lipinski definition) is 3. The number of fused-ring (bicyclic) bond motifs is 2. The van der Waals surface area contributed by atoms with E-state index in [2.05, 4.69) is 34.5 Å². The van der Waals surface area contributed by atoms with Crippen LogP contribution in [0.3, 0.4) is 0 Å². The van der Waals surface area contributed by atoms with Gasteiger partial charge in [0.1, 0.15) is 0 Å². The van der Waals surface area contributed by atoms with E-state index in [9.17, 15) is 4.79 Å². The molecule has 3 atom stereocenters. The van der Waals surface area contributed by atoms with Gasteiger partial charge in [-0.25, -0.2) is 0 Å². The van der Waals surface area contributed by atoms with Gasteiger partial charge in [0, 0.05) is 13.1 Å². The smallest absolute Gasteiger partial charge is 0.240 e. The van der Waals surface area contributed by atoms with Gasteiger partial charge in [-0.15, -0.1) is 0 Å². The molecule has 1 aromatic rings. The third-order valence-electron chi connectivity index (χ3n) is 5.14. The summed E-state index contributed by atoms with van der Waals surface area (Å²) < 4.78 is 5.81. The molecule has 3 aliphatic rings. The van der Waals surface area contributed by atoms with Crippen molar-refractivity contribution in [2.75, 3.05) is 13.2 Å². The Hall–Kier alpha value is -1.39. The van der Waals surface area contributed by atoms with Crippen LogP contribution < -0.4 is 5.32 Å². The highest BCUT2D eigenvalue weighted by Gasteiger charge is 2.40. The quantitative estimate of drug-likeness (QED) is 0.850. The van der Waals surface area contributed by atoms with E-state index in [1.165, 1.54) is 17.5 Å². The fourth-order valence-electron chi connectivity index (χ4n) is 4.03. The van der Waals surface area contributed by atoms with Crippen molar-refractivity contribution < 1.29 is 9.53 Å².